The van der Waals surface area contributed by atoms with E-state index in [1.807, 2.05) is 42.7 Å². The van der Waals surface area contributed by atoms with E-state index < -0.39 is 0 Å². The highest BCUT2D eigenvalue weighted by Gasteiger charge is 2.54. The van der Waals surface area contributed by atoms with Gasteiger partial charge in [0, 0.05) is 37.4 Å². The molecular formula is C23H28N4O2. The fourth-order valence-corrected chi connectivity index (χ4v) is 5.57. The average molecular weight is 393 g/mol. The Morgan fingerprint density at radius 1 is 1.17 bits per heavy atom. The van der Waals surface area contributed by atoms with Gasteiger partial charge in [-0.05, 0) is 61.2 Å². The molecule has 2 bridgehead atoms. The number of likely N-dealkylation sites (tertiary alicyclic amines) is 1. The topological polar surface area (TPSA) is 57.7 Å². The van der Waals surface area contributed by atoms with E-state index in [9.17, 15) is 4.79 Å². The number of piperidine rings is 3. The van der Waals surface area contributed by atoms with Crippen LogP contribution in [0.15, 0.2) is 48.8 Å². The lowest BCUT2D eigenvalue weighted by atomic mass is 9.75. The summed E-state index contributed by atoms with van der Waals surface area (Å²) in [5.74, 6) is 1.77. The number of hydrogen-bond acceptors (Lipinski definition) is 4. The number of urea groups is 1. The molecule has 6 nitrogen and oxygen atoms in total. The van der Waals surface area contributed by atoms with Gasteiger partial charge in [0.1, 0.15) is 5.75 Å². The highest BCUT2D eigenvalue weighted by molar-refractivity contribution is 5.75. The Hall–Kier alpha value is -2.60. The number of pyridine rings is 1. The Morgan fingerprint density at radius 2 is 1.97 bits per heavy atom. The lowest BCUT2D eigenvalue weighted by molar-refractivity contribution is 0.00349. The standard InChI is InChI=1S/C23H28N4O2/c1-29-19-6-4-16(5-7-19)13-25-23(28)27-15-20(18-3-2-10-24-14-18)22-21(27)17-8-11-26(22)12-9-17/h2-7,10,14,17,20-22H,8-9,11-13,15H2,1H3,(H,25,28). The van der Waals surface area contributed by atoms with E-state index in [-0.39, 0.29) is 6.03 Å². The maximum absolute atomic E-state index is 13.2. The molecule has 0 saturated carbocycles. The first-order chi connectivity index (χ1) is 14.2. The molecule has 0 aliphatic carbocycles. The Kier molecular flexibility index (Phi) is 4.87. The lowest BCUT2D eigenvalue weighted by Gasteiger charge is -2.51. The Morgan fingerprint density at radius 3 is 2.66 bits per heavy atom. The van der Waals surface area contributed by atoms with Gasteiger partial charge in [-0.15, -0.1) is 0 Å². The molecule has 0 radical (unpaired) electrons. The van der Waals surface area contributed by atoms with Crippen molar-refractivity contribution < 1.29 is 9.53 Å². The predicted molar refractivity (Wildman–Crippen MR) is 111 cm³/mol. The molecule has 3 unspecified atom stereocenters. The summed E-state index contributed by atoms with van der Waals surface area (Å²) in [7, 11) is 1.66. The van der Waals surface area contributed by atoms with Crippen molar-refractivity contribution >= 4 is 6.03 Å². The van der Waals surface area contributed by atoms with Crippen molar-refractivity contribution in [2.24, 2.45) is 5.92 Å². The van der Waals surface area contributed by atoms with Crippen LogP contribution in [-0.2, 0) is 6.54 Å². The van der Waals surface area contributed by atoms with Crippen molar-refractivity contribution in [2.45, 2.75) is 37.4 Å². The minimum Gasteiger partial charge on any atom is -0.497 e. The second-order valence-corrected chi connectivity index (χ2v) is 8.41. The molecule has 1 N–H and O–H groups in total. The van der Waals surface area contributed by atoms with Crippen LogP contribution in [0.25, 0.3) is 0 Å². The molecule has 2 amide bonds. The first-order valence-corrected chi connectivity index (χ1v) is 10.6. The van der Waals surface area contributed by atoms with Gasteiger partial charge in [-0.3, -0.25) is 9.88 Å². The van der Waals surface area contributed by atoms with Crippen LogP contribution in [0.3, 0.4) is 0 Å². The van der Waals surface area contributed by atoms with Crippen molar-refractivity contribution in [1.29, 1.82) is 0 Å². The third-order valence-corrected chi connectivity index (χ3v) is 6.97. The van der Waals surface area contributed by atoms with Gasteiger partial charge in [0.05, 0.1) is 13.2 Å². The van der Waals surface area contributed by atoms with Crippen LogP contribution in [-0.4, -0.2) is 59.6 Å². The minimum atomic E-state index is 0.0518. The number of carbonyl (C=O) groups excluding carboxylic acids is 1. The lowest BCUT2D eigenvalue weighted by Crippen LogP contribution is -2.61. The zero-order valence-corrected chi connectivity index (χ0v) is 16.8. The van der Waals surface area contributed by atoms with Gasteiger partial charge in [0.15, 0.2) is 0 Å². The van der Waals surface area contributed by atoms with E-state index in [0.29, 0.717) is 30.5 Å². The molecular weight excluding hydrogens is 364 g/mol. The second-order valence-electron chi connectivity index (χ2n) is 8.41. The molecule has 5 heterocycles. The molecule has 1 aromatic heterocycles. The number of carbonyl (C=O) groups is 1. The van der Waals surface area contributed by atoms with Crippen LogP contribution < -0.4 is 10.1 Å². The van der Waals surface area contributed by atoms with E-state index in [0.717, 1.165) is 30.9 Å². The summed E-state index contributed by atoms with van der Waals surface area (Å²) in [6.45, 7) is 3.61. The zero-order chi connectivity index (χ0) is 19.8. The average Bonchev–Trinajstić information content (AvgIpc) is 3.22. The fourth-order valence-electron chi connectivity index (χ4n) is 5.57. The number of fused-ring (bicyclic) bond motifs is 2. The Balaban J connectivity index is 1.34. The SMILES string of the molecule is COc1ccc(CNC(=O)N2CC(c3cccnc3)C3C2C2CCN3CC2)cc1. The molecule has 6 rings (SSSR count). The monoisotopic (exact) mass is 392 g/mol. The molecule has 29 heavy (non-hydrogen) atoms. The molecule has 4 saturated heterocycles. The molecule has 2 aromatic rings. The van der Waals surface area contributed by atoms with E-state index in [1.54, 1.807) is 7.11 Å². The number of rotatable bonds is 4. The first kappa shape index (κ1) is 18.4. The summed E-state index contributed by atoms with van der Waals surface area (Å²) < 4.78 is 5.21. The molecule has 3 atom stereocenters. The third kappa shape index (κ3) is 3.35. The number of ether oxygens (including phenoxy) is 1. The largest absolute Gasteiger partial charge is 0.497 e. The van der Waals surface area contributed by atoms with Gasteiger partial charge >= 0.3 is 6.03 Å². The Bertz CT molecular complexity index is 849. The van der Waals surface area contributed by atoms with Gasteiger partial charge < -0.3 is 15.0 Å². The molecule has 4 aliphatic rings. The summed E-state index contributed by atoms with van der Waals surface area (Å²) in [5, 5.41) is 3.15. The van der Waals surface area contributed by atoms with Crippen molar-refractivity contribution in [3.8, 4) is 5.75 Å². The van der Waals surface area contributed by atoms with Crippen LogP contribution in [0.2, 0.25) is 0 Å². The minimum absolute atomic E-state index is 0.0518. The van der Waals surface area contributed by atoms with E-state index in [4.69, 9.17) is 4.74 Å². The van der Waals surface area contributed by atoms with E-state index in [1.165, 1.54) is 18.4 Å². The Labute approximate surface area is 171 Å². The number of methoxy groups -OCH3 is 1. The third-order valence-electron chi connectivity index (χ3n) is 6.97. The van der Waals surface area contributed by atoms with Crippen molar-refractivity contribution in [2.75, 3.05) is 26.7 Å². The normalized spacial score (nSPS) is 30.1. The maximum Gasteiger partial charge on any atom is 0.318 e. The number of nitrogens with zero attached hydrogens (tertiary/aromatic N) is 3. The van der Waals surface area contributed by atoms with Crippen molar-refractivity contribution in [3.63, 3.8) is 0 Å². The zero-order valence-electron chi connectivity index (χ0n) is 16.8. The van der Waals surface area contributed by atoms with Crippen LogP contribution in [0.1, 0.15) is 29.9 Å². The number of aromatic nitrogens is 1. The molecule has 6 heteroatoms. The molecule has 1 aromatic carbocycles. The van der Waals surface area contributed by atoms with Crippen molar-refractivity contribution in [3.05, 3.63) is 59.9 Å². The molecule has 0 spiro atoms. The van der Waals surface area contributed by atoms with E-state index >= 15 is 0 Å². The molecule has 4 aliphatic heterocycles. The van der Waals surface area contributed by atoms with Gasteiger partial charge in [-0.25, -0.2) is 4.79 Å². The van der Waals surface area contributed by atoms with Crippen LogP contribution in [0.4, 0.5) is 4.79 Å². The van der Waals surface area contributed by atoms with Crippen molar-refractivity contribution in [1.82, 2.24) is 20.1 Å². The summed E-state index contributed by atoms with van der Waals surface area (Å²) in [6.07, 6.45) is 6.19. The van der Waals surface area contributed by atoms with Gasteiger partial charge in [-0.1, -0.05) is 18.2 Å². The quantitative estimate of drug-likeness (QED) is 0.869. The summed E-state index contributed by atoms with van der Waals surface area (Å²) in [4.78, 5) is 22.3. The smallest absolute Gasteiger partial charge is 0.318 e. The summed E-state index contributed by atoms with van der Waals surface area (Å²) in [6, 6.07) is 12.8. The van der Waals surface area contributed by atoms with Gasteiger partial charge in [0.25, 0.3) is 0 Å². The molecule has 152 valence electrons. The van der Waals surface area contributed by atoms with Gasteiger partial charge in [-0.2, -0.15) is 0 Å². The summed E-state index contributed by atoms with van der Waals surface area (Å²) >= 11 is 0. The second kappa shape index (κ2) is 7.67. The summed E-state index contributed by atoms with van der Waals surface area (Å²) in [5.41, 5.74) is 2.33. The highest BCUT2D eigenvalue weighted by atomic mass is 16.5. The van der Waals surface area contributed by atoms with Crippen LogP contribution in [0, 0.1) is 5.92 Å². The predicted octanol–water partition coefficient (Wildman–Crippen LogP) is 2.86. The van der Waals surface area contributed by atoms with Crippen LogP contribution >= 0.6 is 0 Å². The van der Waals surface area contributed by atoms with Gasteiger partial charge in [0.2, 0.25) is 0 Å². The van der Waals surface area contributed by atoms with E-state index in [2.05, 4.69) is 26.2 Å². The highest BCUT2D eigenvalue weighted by Crippen LogP contribution is 2.46. The fraction of sp³-hybridized carbons (Fsp3) is 0.478. The number of amides is 2. The number of hydrogen-bond donors (Lipinski definition) is 1. The first-order valence-electron chi connectivity index (χ1n) is 10.6. The maximum atomic E-state index is 13.2. The number of benzene rings is 1. The van der Waals surface area contributed by atoms with Crippen LogP contribution in [0.5, 0.6) is 5.75 Å². The number of nitrogens with one attached hydrogen (secondary N) is 1. The molecule has 4 fully saturated rings.